The Morgan fingerprint density at radius 3 is 2.91 bits per heavy atom. The molecular formula is C5H4IN5. The lowest BCUT2D eigenvalue weighted by molar-refractivity contribution is 0.897. The Bertz CT molecular complexity index is 311. The largest absolute Gasteiger partial charge is 0.293 e. The SMILES string of the molecule is NC1(I)N=CN=C2N=CN=C21. The van der Waals surface area contributed by atoms with Gasteiger partial charge in [-0.15, -0.1) is 0 Å². The molecule has 2 heterocycles. The van der Waals surface area contributed by atoms with Crippen LogP contribution in [0.25, 0.3) is 0 Å². The van der Waals surface area contributed by atoms with Gasteiger partial charge in [-0.1, -0.05) is 0 Å². The van der Waals surface area contributed by atoms with Gasteiger partial charge in [-0.25, -0.2) is 20.0 Å². The molecule has 1 atom stereocenters. The molecule has 0 aromatic heterocycles. The molecule has 0 saturated heterocycles. The van der Waals surface area contributed by atoms with Crippen LogP contribution in [0, 0.1) is 0 Å². The first-order valence-electron chi connectivity index (χ1n) is 2.90. The van der Waals surface area contributed by atoms with Gasteiger partial charge < -0.3 is 0 Å². The number of alkyl halides is 1. The van der Waals surface area contributed by atoms with Crippen molar-refractivity contribution in [2.45, 2.75) is 3.67 Å². The highest BCUT2D eigenvalue weighted by Crippen LogP contribution is 2.21. The molecular weight excluding hydrogens is 257 g/mol. The standard InChI is InChI=1S/C5H4IN5/c6-5(7)3-4(9-1-8-3)10-2-11-5/h1-2H,7H2. The molecule has 2 rings (SSSR count). The Balaban J connectivity index is 2.51. The minimum absolute atomic E-state index is 0.567. The van der Waals surface area contributed by atoms with E-state index in [0.717, 1.165) is 0 Å². The molecule has 2 aliphatic heterocycles. The van der Waals surface area contributed by atoms with Gasteiger partial charge in [0.1, 0.15) is 18.4 Å². The fraction of sp³-hybridized carbons (Fsp3) is 0.200. The van der Waals surface area contributed by atoms with Crippen LogP contribution in [-0.2, 0) is 0 Å². The summed E-state index contributed by atoms with van der Waals surface area (Å²) in [6, 6.07) is 0. The Labute approximate surface area is 76.4 Å². The van der Waals surface area contributed by atoms with Gasteiger partial charge in [-0.2, -0.15) is 0 Å². The summed E-state index contributed by atoms with van der Waals surface area (Å²) >= 11 is 2.00. The van der Waals surface area contributed by atoms with Gasteiger partial charge >= 0.3 is 0 Å². The third-order valence-electron chi connectivity index (χ3n) is 1.34. The highest BCUT2D eigenvalue weighted by molar-refractivity contribution is 14.1. The lowest BCUT2D eigenvalue weighted by Gasteiger charge is -2.18. The number of halogens is 1. The Hall–Kier alpha value is -0.630. The zero-order chi connectivity index (χ0) is 7.90. The maximum absolute atomic E-state index is 5.76. The number of nitrogens with zero attached hydrogens (tertiary/aromatic N) is 4. The van der Waals surface area contributed by atoms with Crippen LogP contribution >= 0.6 is 22.6 Å². The molecule has 5 nitrogen and oxygen atoms in total. The van der Waals surface area contributed by atoms with E-state index >= 15 is 0 Å². The van der Waals surface area contributed by atoms with E-state index in [1.165, 1.54) is 12.7 Å². The van der Waals surface area contributed by atoms with Crippen LogP contribution < -0.4 is 5.73 Å². The second-order valence-electron chi connectivity index (χ2n) is 2.09. The van der Waals surface area contributed by atoms with Crippen LogP contribution in [0.2, 0.25) is 0 Å². The van der Waals surface area contributed by atoms with Crippen molar-refractivity contribution in [3.63, 3.8) is 0 Å². The van der Waals surface area contributed by atoms with E-state index in [1.807, 2.05) is 22.6 Å². The highest BCUT2D eigenvalue weighted by atomic mass is 127. The van der Waals surface area contributed by atoms with Gasteiger partial charge in [-0.05, 0) is 22.6 Å². The van der Waals surface area contributed by atoms with Crippen molar-refractivity contribution in [2.75, 3.05) is 0 Å². The summed E-state index contributed by atoms with van der Waals surface area (Å²) in [5.41, 5.74) is 6.39. The molecule has 0 amide bonds. The molecule has 0 aromatic rings. The van der Waals surface area contributed by atoms with E-state index in [-0.39, 0.29) is 0 Å². The molecule has 2 N–H and O–H groups in total. The predicted molar refractivity (Wildman–Crippen MR) is 52.8 cm³/mol. The summed E-state index contributed by atoms with van der Waals surface area (Å²) in [5, 5.41) is 0. The summed E-state index contributed by atoms with van der Waals surface area (Å²) < 4.78 is -0.786. The molecule has 0 spiro atoms. The predicted octanol–water partition coefficient (Wildman–Crippen LogP) is -0.0428. The maximum atomic E-state index is 5.76. The normalized spacial score (nSPS) is 33.3. The Morgan fingerprint density at radius 1 is 1.36 bits per heavy atom. The smallest absolute Gasteiger partial charge is 0.208 e. The molecule has 2 aliphatic rings. The van der Waals surface area contributed by atoms with Crippen molar-refractivity contribution in [2.24, 2.45) is 25.7 Å². The Morgan fingerprint density at radius 2 is 2.18 bits per heavy atom. The minimum atomic E-state index is -0.786. The Kier molecular flexibility index (Phi) is 1.39. The van der Waals surface area contributed by atoms with Crippen LogP contribution in [0.15, 0.2) is 20.0 Å². The van der Waals surface area contributed by atoms with Crippen molar-refractivity contribution in [3.8, 4) is 0 Å². The van der Waals surface area contributed by atoms with Crippen molar-refractivity contribution in [3.05, 3.63) is 0 Å². The van der Waals surface area contributed by atoms with E-state index in [2.05, 4.69) is 20.0 Å². The second-order valence-corrected chi connectivity index (χ2v) is 3.74. The van der Waals surface area contributed by atoms with Gasteiger partial charge in [0.25, 0.3) is 0 Å². The number of amidine groups is 1. The number of nitrogens with two attached hydrogens (primary N) is 1. The first-order chi connectivity index (χ1) is 5.20. The quantitative estimate of drug-likeness (QED) is 0.370. The van der Waals surface area contributed by atoms with Crippen LogP contribution in [0.5, 0.6) is 0 Å². The molecule has 0 aliphatic carbocycles. The lowest BCUT2D eigenvalue weighted by Crippen LogP contribution is -2.44. The third kappa shape index (κ3) is 1.02. The van der Waals surface area contributed by atoms with E-state index in [4.69, 9.17) is 5.73 Å². The van der Waals surface area contributed by atoms with Crippen molar-refractivity contribution < 1.29 is 0 Å². The summed E-state index contributed by atoms with van der Waals surface area (Å²) in [6.45, 7) is 0. The van der Waals surface area contributed by atoms with Gasteiger partial charge in [0.05, 0.1) is 0 Å². The fourth-order valence-electron chi connectivity index (χ4n) is 0.831. The summed E-state index contributed by atoms with van der Waals surface area (Å²) in [6.07, 6.45) is 2.84. The molecule has 11 heavy (non-hydrogen) atoms. The first kappa shape index (κ1) is 7.04. The number of hydrogen-bond acceptors (Lipinski definition) is 5. The monoisotopic (exact) mass is 261 g/mol. The molecule has 1 unspecified atom stereocenters. The van der Waals surface area contributed by atoms with E-state index in [1.54, 1.807) is 0 Å². The van der Waals surface area contributed by atoms with E-state index < -0.39 is 3.67 Å². The van der Waals surface area contributed by atoms with Gasteiger partial charge in [0.15, 0.2) is 5.84 Å². The van der Waals surface area contributed by atoms with Crippen molar-refractivity contribution in [1.29, 1.82) is 0 Å². The van der Waals surface area contributed by atoms with Gasteiger partial charge in [0.2, 0.25) is 3.67 Å². The molecule has 0 aromatic carbocycles. The maximum Gasteiger partial charge on any atom is 0.208 e. The lowest BCUT2D eigenvalue weighted by atomic mass is 10.3. The fourth-order valence-corrected chi connectivity index (χ4v) is 1.34. The second kappa shape index (κ2) is 2.18. The third-order valence-corrected chi connectivity index (χ3v) is 2.13. The molecule has 56 valence electrons. The number of hydrogen-bond donors (Lipinski definition) is 1. The molecule has 0 fully saturated rings. The number of aliphatic imine (C=N–C) groups is 4. The topological polar surface area (TPSA) is 75.5 Å². The summed E-state index contributed by atoms with van der Waals surface area (Å²) in [5.74, 6) is 0.567. The molecule has 0 radical (unpaired) electrons. The average molecular weight is 261 g/mol. The average Bonchev–Trinajstić information content (AvgIpc) is 2.34. The highest BCUT2D eigenvalue weighted by Gasteiger charge is 2.34. The first-order valence-corrected chi connectivity index (χ1v) is 3.98. The van der Waals surface area contributed by atoms with Crippen molar-refractivity contribution >= 4 is 46.8 Å². The van der Waals surface area contributed by atoms with Gasteiger partial charge in [-0.3, -0.25) is 5.73 Å². The number of rotatable bonds is 0. The van der Waals surface area contributed by atoms with Crippen LogP contribution in [-0.4, -0.2) is 27.9 Å². The van der Waals surface area contributed by atoms with Crippen LogP contribution in [0.1, 0.15) is 0 Å². The molecule has 0 bridgehead atoms. The van der Waals surface area contributed by atoms with Crippen molar-refractivity contribution in [1.82, 2.24) is 0 Å². The van der Waals surface area contributed by atoms with Crippen LogP contribution in [0.4, 0.5) is 0 Å². The number of fused-ring (bicyclic) bond motifs is 1. The minimum Gasteiger partial charge on any atom is -0.293 e. The zero-order valence-electron chi connectivity index (χ0n) is 5.40. The van der Waals surface area contributed by atoms with E-state index in [0.29, 0.717) is 11.5 Å². The van der Waals surface area contributed by atoms with Crippen LogP contribution in [0.3, 0.4) is 0 Å². The summed E-state index contributed by atoms with van der Waals surface area (Å²) in [7, 11) is 0. The molecule has 6 heteroatoms. The molecule has 0 saturated carbocycles. The van der Waals surface area contributed by atoms with Gasteiger partial charge in [0, 0.05) is 0 Å². The van der Waals surface area contributed by atoms with E-state index in [9.17, 15) is 0 Å². The summed E-state index contributed by atoms with van der Waals surface area (Å²) in [4.78, 5) is 15.7. The zero-order valence-corrected chi connectivity index (χ0v) is 7.56.